The van der Waals surface area contributed by atoms with Crippen molar-refractivity contribution in [2.75, 3.05) is 11.1 Å². The average molecular weight is 554 g/mol. The third-order valence-corrected chi connectivity index (χ3v) is 7.01. The van der Waals surface area contributed by atoms with Crippen LogP contribution in [0.25, 0.3) is 22.1 Å². The number of amides is 1. The molecule has 0 saturated carbocycles. The first kappa shape index (κ1) is 25.8. The van der Waals surface area contributed by atoms with Gasteiger partial charge >= 0.3 is 0 Å². The molecule has 0 fully saturated rings. The summed E-state index contributed by atoms with van der Waals surface area (Å²) in [6, 6.07) is 14.0. The van der Waals surface area contributed by atoms with E-state index in [2.05, 4.69) is 20.6 Å². The summed E-state index contributed by atoms with van der Waals surface area (Å²) in [7, 11) is 0. The van der Waals surface area contributed by atoms with Gasteiger partial charge in [0.15, 0.2) is 0 Å². The molecule has 11 heteroatoms. The van der Waals surface area contributed by atoms with Crippen LogP contribution in [0.3, 0.4) is 0 Å². The number of carbonyl (C=O) groups is 1. The molecule has 6 rings (SSSR count). The molecule has 0 radical (unpaired) electrons. The highest BCUT2D eigenvalue weighted by molar-refractivity contribution is 6.15. The van der Waals surface area contributed by atoms with Crippen LogP contribution in [-0.4, -0.2) is 21.6 Å². The number of nitrogens with two attached hydrogens (primary N) is 2. The molecule has 1 aliphatic heterocycles. The van der Waals surface area contributed by atoms with Crippen molar-refractivity contribution < 1.29 is 23.4 Å². The van der Waals surface area contributed by atoms with Crippen LogP contribution in [0.5, 0.6) is 0 Å². The van der Waals surface area contributed by atoms with Crippen molar-refractivity contribution in [3.63, 3.8) is 0 Å². The third-order valence-electron chi connectivity index (χ3n) is 7.01. The Balaban J connectivity index is 1.46. The van der Waals surface area contributed by atoms with Crippen molar-refractivity contribution in [2.24, 2.45) is 0 Å². The molecule has 0 aliphatic carbocycles. The number of halogens is 2. The molecule has 5 aromatic rings. The summed E-state index contributed by atoms with van der Waals surface area (Å²) in [6.07, 6.45) is 1.25. The zero-order valence-electron chi connectivity index (χ0n) is 21.7. The van der Waals surface area contributed by atoms with Gasteiger partial charge in [0.2, 0.25) is 11.1 Å². The average Bonchev–Trinajstić information content (AvgIpc) is 3.32. The summed E-state index contributed by atoms with van der Waals surface area (Å²) in [5, 5.41) is 12.3. The lowest BCUT2D eigenvalue weighted by Gasteiger charge is -2.19. The standard InChI is InChI=1S/C30H22F2N6O3/c1-14(27-22(15-4-2-5-18(31)10-15)26(39)23-20(32)6-3-7-21(23)41-27)38-29-24(28(34)36-13-37-29)25(33)16-8-9-17-12-35-30(40)19(17)11-16/h2-11,13-14,33H,12H2,1H3,(H,35,40)(H3,34,36,37,38)/p+1. The number of carbonyl (C=O) groups excluding carboxylic acids is 1. The van der Waals surface area contributed by atoms with Crippen LogP contribution in [0.2, 0.25) is 0 Å². The molecule has 0 spiro atoms. The Labute approximate surface area is 231 Å². The summed E-state index contributed by atoms with van der Waals surface area (Å²) in [6.45, 7) is 2.13. The highest BCUT2D eigenvalue weighted by Gasteiger charge is 2.28. The van der Waals surface area contributed by atoms with Crippen molar-refractivity contribution >= 4 is 34.2 Å². The Morgan fingerprint density at radius 1 is 1.10 bits per heavy atom. The lowest BCUT2D eigenvalue weighted by molar-refractivity contribution is -0.111. The van der Waals surface area contributed by atoms with Gasteiger partial charge in [-0.2, -0.15) is 0 Å². The molecule has 3 aromatic carbocycles. The lowest BCUT2D eigenvalue weighted by atomic mass is 9.97. The number of fused-ring (bicyclic) bond motifs is 2. The second-order valence-electron chi connectivity index (χ2n) is 9.61. The van der Waals surface area contributed by atoms with Crippen LogP contribution in [0.15, 0.2) is 76.2 Å². The first-order valence-electron chi connectivity index (χ1n) is 12.7. The smallest absolute Gasteiger partial charge is 0.251 e. The molecular formula is C30H23F2N6O3+. The van der Waals surface area contributed by atoms with E-state index in [1.165, 1.54) is 36.7 Å². The highest BCUT2D eigenvalue weighted by atomic mass is 19.1. The van der Waals surface area contributed by atoms with Crippen LogP contribution in [0.1, 0.15) is 45.8 Å². The Bertz CT molecular complexity index is 1960. The number of benzene rings is 3. The summed E-state index contributed by atoms with van der Waals surface area (Å²) < 4.78 is 35.0. The lowest BCUT2D eigenvalue weighted by Crippen LogP contribution is -2.42. The fourth-order valence-corrected chi connectivity index (χ4v) is 5.01. The van der Waals surface area contributed by atoms with E-state index in [0.717, 1.165) is 11.6 Å². The number of hydrogen-bond donors (Lipinski definition) is 4. The van der Waals surface area contributed by atoms with E-state index in [1.807, 2.05) is 0 Å². The molecule has 1 unspecified atom stereocenters. The topological polar surface area (TPSA) is 149 Å². The van der Waals surface area contributed by atoms with Crippen molar-refractivity contribution in [1.82, 2.24) is 15.3 Å². The van der Waals surface area contributed by atoms with Gasteiger partial charge in [0.05, 0.1) is 11.6 Å². The van der Waals surface area contributed by atoms with Gasteiger partial charge in [0, 0.05) is 17.7 Å². The SMILES string of the molecule is CC(Nc1ncnc(N)c1C(=[NH2+])c1ccc2c(c1)C(=O)NC2)c1oc2cccc(F)c2c(=O)c1-c1cccc(F)c1. The van der Waals surface area contributed by atoms with Gasteiger partial charge < -0.3 is 20.8 Å². The second kappa shape index (κ2) is 9.94. The molecule has 1 aliphatic rings. The van der Waals surface area contributed by atoms with Crippen LogP contribution >= 0.6 is 0 Å². The normalized spacial score (nSPS) is 13.1. The highest BCUT2D eigenvalue weighted by Crippen LogP contribution is 2.33. The van der Waals surface area contributed by atoms with E-state index in [4.69, 9.17) is 15.6 Å². The first-order chi connectivity index (χ1) is 19.7. The molecule has 0 saturated heterocycles. The van der Waals surface area contributed by atoms with E-state index in [0.29, 0.717) is 17.7 Å². The Hall–Kier alpha value is -5.45. The number of nitrogen functional groups attached to an aromatic ring is 1. The predicted molar refractivity (Wildman–Crippen MR) is 149 cm³/mol. The fourth-order valence-electron chi connectivity index (χ4n) is 5.01. The summed E-state index contributed by atoms with van der Waals surface area (Å²) >= 11 is 0. The van der Waals surface area contributed by atoms with Gasteiger partial charge in [-0.25, -0.2) is 18.7 Å². The quantitative estimate of drug-likeness (QED) is 0.236. The van der Waals surface area contributed by atoms with Gasteiger partial charge in [0.25, 0.3) is 5.91 Å². The molecule has 0 bridgehead atoms. The van der Waals surface area contributed by atoms with E-state index < -0.39 is 23.1 Å². The molecular weight excluding hydrogens is 530 g/mol. The largest absolute Gasteiger partial charge is 0.458 e. The Kier molecular flexibility index (Phi) is 6.26. The van der Waals surface area contributed by atoms with E-state index in [-0.39, 0.29) is 56.7 Å². The predicted octanol–water partition coefficient (Wildman–Crippen LogP) is 3.12. The Morgan fingerprint density at radius 2 is 1.90 bits per heavy atom. The molecule has 3 heterocycles. The zero-order chi connectivity index (χ0) is 28.8. The maximum atomic E-state index is 14.7. The zero-order valence-corrected chi connectivity index (χ0v) is 21.7. The van der Waals surface area contributed by atoms with Crippen LogP contribution in [-0.2, 0) is 6.54 Å². The van der Waals surface area contributed by atoms with Crippen molar-refractivity contribution in [3.8, 4) is 11.1 Å². The second-order valence-corrected chi connectivity index (χ2v) is 9.61. The van der Waals surface area contributed by atoms with Crippen LogP contribution < -0.4 is 27.2 Å². The molecule has 1 amide bonds. The fraction of sp³-hybridized carbons (Fsp3) is 0.100. The molecule has 2 aromatic heterocycles. The number of aromatic nitrogens is 2. The minimum absolute atomic E-state index is 0.00716. The summed E-state index contributed by atoms with van der Waals surface area (Å²) in [4.78, 5) is 34.3. The number of anilines is 2. The molecule has 9 nitrogen and oxygen atoms in total. The van der Waals surface area contributed by atoms with Crippen molar-refractivity contribution in [1.29, 1.82) is 0 Å². The summed E-state index contributed by atoms with van der Waals surface area (Å²) in [5.41, 5.74) is 8.22. The molecule has 41 heavy (non-hydrogen) atoms. The van der Waals surface area contributed by atoms with Gasteiger partial charge in [-0.1, -0.05) is 24.3 Å². The molecule has 6 N–H and O–H groups in total. The van der Waals surface area contributed by atoms with Gasteiger partial charge in [-0.3, -0.25) is 15.0 Å². The number of nitrogens with zero attached hydrogens (tertiary/aromatic N) is 2. The molecule has 1 atom stereocenters. The van der Waals surface area contributed by atoms with E-state index in [1.54, 1.807) is 31.2 Å². The van der Waals surface area contributed by atoms with E-state index >= 15 is 0 Å². The van der Waals surface area contributed by atoms with Crippen molar-refractivity contribution in [2.45, 2.75) is 19.5 Å². The van der Waals surface area contributed by atoms with E-state index in [9.17, 15) is 18.4 Å². The van der Waals surface area contributed by atoms with Gasteiger partial charge in [0.1, 0.15) is 51.9 Å². The monoisotopic (exact) mass is 553 g/mol. The number of rotatable bonds is 6. The van der Waals surface area contributed by atoms with Crippen LogP contribution in [0, 0.1) is 11.6 Å². The van der Waals surface area contributed by atoms with Gasteiger partial charge in [-0.05, 0) is 54.4 Å². The maximum Gasteiger partial charge on any atom is 0.251 e. The van der Waals surface area contributed by atoms with Gasteiger partial charge in [-0.15, -0.1) is 0 Å². The summed E-state index contributed by atoms with van der Waals surface area (Å²) in [5.74, 6) is -1.11. The minimum Gasteiger partial charge on any atom is -0.458 e. The van der Waals surface area contributed by atoms with Crippen LogP contribution in [0.4, 0.5) is 20.4 Å². The minimum atomic E-state index is -0.764. The van der Waals surface area contributed by atoms with Crippen molar-refractivity contribution in [3.05, 3.63) is 117 Å². The number of hydrogen-bond acceptors (Lipinski definition) is 7. The maximum absolute atomic E-state index is 14.7. The number of nitrogens with one attached hydrogen (secondary N) is 2. The Morgan fingerprint density at radius 3 is 2.71 bits per heavy atom. The molecule has 204 valence electrons. The first-order valence-corrected chi connectivity index (χ1v) is 12.7. The third kappa shape index (κ3) is 4.46.